The number of carbonyl (C=O) groups excluding carboxylic acids is 1. The van der Waals surface area contributed by atoms with Crippen molar-refractivity contribution in [1.82, 2.24) is 0 Å². The summed E-state index contributed by atoms with van der Waals surface area (Å²) in [7, 11) is 4.29. The largest absolute Gasteiger partial charge is 0.377 e. The number of hydrogen-bond donors (Lipinski definition) is 0. The van der Waals surface area contributed by atoms with Gasteiger partial charge in [-0.15, -0.1) is 0 Å². The molecule has 0 unspecified atom stereocenters. The second-order valence-corrected chi connectivity index (χ2v) is 8.77. The van der Waals surface area contributed by atoms with Crippen LogP contribution >= 0.6 is 0 Å². The van der Waals surface area contributed by atoms with E-state index in [1.165, 1.54) is 66.5 Å². The summed E-state index contributed by atoms with van der Waals surface area (Å²) < 4.78 is 0. The van der Waals surface area contributed by atoms with E-state index in [2.05, 4.69) is 69.2 Å². The van der Waals surface area contributed by atoms with Gasteiger partial charge in [0.05, 0.1) is 0 Å². The average Bonchev–Trinajstić information content (AvgIpc) is 3.01. The monoisotopic (exact) mass is 391 g/mol. The van der Waals surface area contributed by atoms with Crippen molar-refractivity contribution < 1.29 is 4.79 Å². The van der Waals surface area contributed by atoms with Crippen molar-refractivity contribution in [2.45, 2.75) is 77.0 Å². The highest BCUT2D eigenvalue weighted by molar-refractivity contribution is 5.85. The molecule has 2 heteroatoms. The highest BCUT2D eigenvalue weighted by Crippen LogP contribution is 2.56. The quantitative estimate of drug-likeness (QED) is 0.306. The summed E-state index contributed by atoms with van der Waals surface area (Å²) in [5.41, 5.74) is 8.86. The molecule has 0 N–H and O–H groups in total. The molecule has 0 saturated carbocycles. The molecule has 0 atom stereocenters. The second-order valence-electron chi connectivity index (χ2n) is 8.77. The number of nitrogens with zero attached hydrogens (tertiary/aromatic N) is 1. The Labute approximate surface area is 177 Å². The summed E-state index contributed by atoms with van der Waals surface area (Å²) >= 11 is 0. The molecule has 2 nitrogen and oxygen atoms in total. The van der Waals surface area contributed by atoms with Gasteiger partial charge >= 0.3 is 0 Å². The predicted octanol–water partition coefficient (Wildman–Crippen LogP) is 6.92. The molecule has 0 bridgehead atoms. The summed E-state index contributed by atoms with van der Waals surface area (Å²) in [6.07, 6.45) is 11.0. The van der Waals surface area contributed by atoms with Crippen molar-refractivity contribution in [3.63, 3.8) is 0 Å². The third kappa shape index (κ3) is 3.99. The molecule has 0 spiro atoms. The highest BCUT2D eigenvalue weighted by Gasteiger charge is 2.44. The molecular formula is C27H37NO. The van der Waals surface area contributed by atoms with Gasteiger partial charge in [0.25, 0.3) is 0 Å². The van der Waals surface area contributed by atoms with Crippen LogP contribution in [-0.2, 0) is 16.6 Å². The van der Waals surface area contributed by atoms with Gasteiger partial charge in [0.2, 0.25) is 0 Å². The topological polar surface area (TPSA) is 20.3 Å². The van der Waals surface area contributed by atoms with Gasteiger partial charge in [0.15, 0.2) is 0 Å². The Bertz CT molecular complexity index is 828. The van der Waals surface area contributed by atoms with E-state index >= 15 is 0 Å². The van der Waals surface area contributed by atoms with E-state index in [1.807, 2.05) is 0 Å². The van der Waals surface area contributed by atoms with Crippen molar-refractivity contribution >= 4 is 12.0 Å². The van der Waals surface area contributed by atoms with Crippen molar-refractivity contribution in [1.29, 1.82) is 0 Å². The summed E-state index contributed by atoms with van der Waals surface area (Å²) in [6.45, 7) is 4.60. The predicted molar refractivity (Wildman–Crippen MR) is 125 cm³/mol. The Morgan fingerprint density at radius 1 is 0.897 bits per heavy atom. The Balaban J connectivity index is 2.27. The van der Waals surface area contributed by atoms with Gasteiger partial charge < -0.3 is 9.69 Å². The number of fused-ring (bicyclic) bond motifs is 3. The molecule has 0 aromatic heterocycles. The normalized spacial score (nSPS) is 13.8. The van der Waals surface area contributed by atoms with Crippen molar-refractivity contribution in [2.24, 2.45) is 0 Å². The number of aldehydes is 1. The zero-order chi connectivity index (χ0) is 20.9. The number of hydrogen-bond acceptors (Lipinski definition) is 2. The first-order chi connectivity index (χ1) is 14.1. The maximum atomic E-state index is 11.0. The third-order valence-corrected chi connectivity index (χ3v) is 6.64. The second kappa shape index (κ2) is 9.61. The van der Waals surface area contributed by atoms with E-state index in [4.69, 9.17) is 0 Å². The van der Waals surface area contributed by atoms with Crippen LogP contribution in [0.5, 0.6) is 0 Å². The molecule has 0 amide bonds. The SMILES string of the molecule is CCCCC1(CCCC)c2ccccc2-c2ccc(N(C)C)c(CCCC=O)c21. The van der Waals surface area contributed by atoms with Crippen molar-refractivity contribution in [3.8, 4) is 11.1 Å². The molecule has 0 heterocycles. The fraction of sp³-hybridized carbons (Fsp3) is 0.519. The van der Waals surface area contributed by atoms with Gasteiger partial charge in [-0.3, -0.25) is 0 Å². The molecule has 0 radical (unpaired) electrons. The van der Waals surface area contributed by atoms with Crippen LogP contribution in [0.2, 0.25) is 0 Å². The maximum Gasteiger partial charge on any atom is 0.120 e. The van der Waals surface area contributed by atoms with Gasteiger partial charge in [0.1, 0.15) is 6.29 Å². The minimum atomic E-state index is 0.112. The Morgan fingerprint density at radius 2 is 1.59 bits per heavy atom. The lowest BCUT2D eigenvalue weighted by atomic mass is 9.69. The maximum absolute atomic E-state index is 11.0. The molecule has 1 aliphatic rings. The Hall–Kier alpha value is -2.09. The zero-order valence-corrected chi connectivity index (χ0v) is 18.8. The van der Waals surface area contributed by atoms with Crippen LogP contribution in [0.25, 0.3) is 11.1 Å². The van der Waals surface area contributed by atoms with Crippen molar-refractivity contribution in [2.75, 3.05) is 19.0 Å². The first-order valence-corrected chi connectivity index (χ1v) is 11.5. The summed E-state index contributed by atoms with van der Waals surface area (Å²) in [5.74, 6) is 0. The van der Waals surface area contributed by atoms with Crippen molar-refractivity contribution in [3.05, 3.63) is 53.1 Å². The molecule has 3 rings (SSSR count). The fourth-order valence-corrected chi connectivity index (χ4v) is 5.31. The first-order valence-electron chi connectivity index (χ1n) is 11.5. The van der Waals surface area contributed by atoms with E-state index in [0.717, 1.165) is 19.1 Å². The Morgan fingerprint density at radius 3 is 2.21 bits per heavy atom. The highest BCUT2D eigenvalue weighted by atomic mass is 16.1. The standard InChI is InChI=1S/C27H37NO/c1-5-7-18-27(19-8-6-2)24-15-10-9-13-21(24)22-16-17-25(28(3)4)23(26(22)27)14-11-12-20-29/h9-10,13,15-17,20H,5-8,11-12,14,18-19H2,1-4H3. The van der Waals surface area contributed by atoms with Gasteiger partial charge in [-0.1, -0.05) is 69.9 Å². The molecule has 1 aliphatic carbocycles. The number of anilines is 1. The number of rotatable bonds is 11. The first kappa shape index (κ1) is 21.6. The Kier molecular flexibility index (Phi) is 7.16. The number of benzene rings is 2. The van der Waals surface area contributed by atoms with Gasteiger partial charge in [-0.25, -0.2) is 0 Å². The third-order valence-electron chi connectivity index (χ3n) is 6.64. The lowest BCUT2D eigenvalue weighted by Crippen LogP contribution is -2.28. The molecule has 2 aromatic rings. The van der Waals surface area contributed by atoms with E-state index in [9.17, 15) is 4.79 Å². The molecule has 0 aliphatic heterocycles. The number of unbranched alkanes of at least 4 members (excludes halogenated alkanes) is 3. The van der Waals surface area contributed by atoms with E-state index in [0.29, 0.717) is 6.42 Å². The summed E-state index contributed by atoms with van der Waals surface area (Å²) in [6, 6.07) is 13.7. The van der Waals surface area contributed by atoms with Crippen LogP contribution in [0.1, 0.15) is 81.9 Å². The molecule has 156 valence electrons. The molecule has 0 saturated heterocycles. The molecule has 29 heavy (non-hydrogen) atoms. The van der Waals surface area contributed by atoms with E-state index < -0.39 is 0 Å². The smallest absolute Gasteiger partial charge is 0.120 e. The van der Waals surface area contributed by atoms with Crippen LogP contribution in [0.4, 0.5) is 5.69 Å². The molecule has 2 aromatic carbocycles. The minimum Gasteiger partial charge on any atom is -0.377 e. The fourth-order valence-electron chi connectivity index (χ4n) is 5.31. The van der Waals surface area contributed by atoms with Crippen LogP contribution in [0, 0.1) is 0 Å². The van der Waals surface area contributed by atoms with Gasteiger partial charge in [-0.2, -0.15) is 0 Å². The summed E-state index contributed by atoms with van der Waals surface area (Å²) in [5, 5.41) is 0. The average molecular weight is 392 g/mol. The zero-order valence-electron chi connectivity index (χ0n) is 18.8. The number of carbonyl (C=O) groups is 1. The van der Waals surface area contributed by atoms with E-state index in [1.54, 1.807) is 5.56 Å². The lowest BCUT2D eigenvalue weighted by molar-refractivity contribution is -0.107. The van der Waals surface area contributed by atoms with Gasteiger partial charge in [-0.05, 0) is 59.6 Å². The minimum absolute atomic E-state index is 0.112. The van der Waals surface area contributed by atoms with Crippen LogP contribution in [0.3, 0.4) is 0 Å². The lowest BCUT2D eigenvalue weighted by Gasteiger charge is -2.35. The molecule has 0 fully saturated rings. The van der Waals surface area contributed by atoms with Crippen LogP contribution in [-0.4, -0.2) is 20.4 Å². The van der Waals surface area contributed by atoms with Gasteiger partial charge in [0, 0.05) is 31.6 Å². The van der Waals surface area contributed by atoms with Crippen LogP contribution in [0.15, 0.2) is 36.4 Å². The summed E-state index contributed by atoms with van der Waals surface area (Å²) in [4.78, 5) is 13.3. The molecular weight excluding hydrogens is 354 g/mol. The van der Waals surface area contributed by atoms with E-state index in [-0.39, 0.29) is 5.41 Å². The van der Waals surface area contributed by atoms with Crippen LogP contribution < -0.4 is 4.90 Å².